The fraction of sp³-hybridized carbons (Fsp3) is 0.351. The number of para-hydroxylation sites is 2. The van der Waals surface area contributed by atoms with E-state index < -0.39 is 21.0 Å². The lowest BCUT2D eigenvalue weighted by molar-refractivity contribution is 0.0244. The highest BCUT2D eigenvalue weighted by molar-refractivity contribution is 7.97. The van der Waals surface area contributed by atoms with Gasteiger partial charge in [-0.25, -0.2) is 8.42 Å². The summed E-state index contributed by atoms with van der Waals surface area (Å²) in [7, 11) is -0.524. The van der Waals surface area contributed by atoms with Crippen molar-refractivity contribution in [3.05, 3.63) is 103 Å². The van der Waals surface area contributed by atoms with E-state index in [9.17, 15) is 13.0 Å². The number of anilines is 1. The Kier molecular flexibility index (Phi) is 12.2. The van der Waals surface area contributed by atoms with Gasteiger partial charge in [-0.3, -0.25) is 0 Å². The van der Waals surface area contributed by atoms with Crippen molar-refractivity contribution in [2.45, 2.75) is 64.4 Å². The second kappa shape index (κ2) is 16.5. The van der Waals surface area contributed by atoms with Gasteiger partial charge in [0.2, 0.25) is 9.79 Å². The summed E-state index contributed by atoms with van der Waals surface area (Å²) in [5.41, 5.74) is 2.11. The van der Waals surface area contributed by atoms with Crippen molar-refractivity contribution >= 4 is 26.7 Å². The SMILES string of the molecule is CN(C)c1ccc([S+](c2ccccc2OC2CCOCC2)c2ccccc2OC2CCOCC2)cc1.Cc1ccc(S(=O)(=O)[O-])cc1. The van der Waals surface area contributed by atoms with Crippen molar-refractivity contribution in [3.63, 3.8) is 0 Å². The van der Waals surface area contributed by atoms with E-state index in [1.807, 2.05) is 6.92 Å². The smallest absolute Gasteiger partial charge is 0.208 e. The highest BCUT2D eigenvalue weighted by atomic mass is 32.2. The molecule has 2 fully saturated rings. The first-order chi connectivity index (χ1) is 22.7. The molecule has 6 rings (SSSR count). The lowest BCUT2D eigenvalue weighted by atomic mass is 10.1. The lowest BCUT2D eigenvalue weighted by Crippen LogP contribution is -2.27. The third kappa shape index (κ3) is 9.74. The van der Waals surface area contributed by atoms with Crippen LogP contribution in [0.4, 0.5) is 5.69 Å². The highest BCUT2D eigenvalue weighted by Gasteiger charge is 2.36. The third-order valence-electron chi connectivity index (χ3n) is 7.96. The van der Waals surface area contributed by atoms with Gasteiger partial charge in [0.25, 0.3) is 0 Å². The van der Waals surface area contributed by atoms with Crippen LogP contribution in [0.3, 0.4) is 0 Å². The van der Waals surface area contributed by atoms with E-state index in [2.05, 4.69) is 91.8 Å². The number of hydrogen-bond acceptors (Lipinski definition) is 8. The molecule has 0 aromatic heterocycles. The molecule has 2 saturated heterocycles. The zero-order chi connectivity index (χ0) is 33.2. The van der Waals surface area contributed by atoms with E-state index in [4.69, 9.17) is 18.9 Å². The average molecular weight is 678 g/mol. The van der Waals surface area contributed by atoms with E-state index in [1.54, 1.807) is 12.1 Å². The Bertz CT molecular complexity index is 1600. The average Bonchev–Trinajstić information content (AvgIpc) is 3.08. The Labute approximate surface area is 281 Å². The molecule has 8 nitrogen and oxygen atoms in total. The van der Waals surface area contributed by atoms with Gasteiger partial charge in [0.05, 0.1) is 31.3 Å². The molecule has 250 valence electrons. The van der Waals surface area contributed by atoms with E-state index in [-0.39, 0.29) is 17.1 Å². The van der Waals surface area contributed by atoms with Crippen LogP contribution in [-0.4, -0.2) is 65.7 Å². The molecule has 0 unspecified atom stereocenters. The van der Waals surface area contributed by atoms with Crippen LogP contribution >= 0.6 is 0 Å². The molecule has 0 spiro atoms. The molecule has 10 heteroatoms. The van der Waals surface area contributed by atoms with Crippen LogP contribution in [0.15, 0.2) is 117 Å². The predicted molar refractivity (Wildman–Crippen MR) is 184 cm³/mol. The van der Waals surface area contributed by atoms with Gasteiger partial charge in [0.1, 0.15) is 33.2 Å². The first-order valence-electron chi connectivity index (χ1n) is 15.9. The summed E-state index contributed by atoms with van der Waals surface area (Å²) < 4.78 is 55.5. The third-order valence-corrected chi connectivity index (χ3v) is 11.1. The van der Waals surface area contributed by atoms with Gasteiger partial charge in [-0.05, 0) is 67.6 Å². The van der Waals surface area contributed by atoms with Gasteiger partial charge in [-0.2, -0.15) is 0 Å². The zero-order valence-electron chi connectivity index (χ0n) is 27.2. The Morgan fingerprint density at radius 1 is 0.681 bits per heavy atom. The molecule has 4 aromatic rings. The molecule has 0 radical (unpaired) electrons. The van der Waals surface area contributed by atoms with Gasteiger partial charge in [-0.1, -0.05) is 42.0 Å². The normalized spacial score (nSPS) is 15.9. The minimum atomic E-state index is -4.27. The molecular weight excluding hydrogens is 635 g/mol. The quantitative estimate of drug-likeness (QED) is 0.140. The molecule has 47 heavy (non-hydrogen) atoms. The molecule has 0 saturated carbocycles. The van der Waals surface area contributed by atoms with Crippen LogP contribution in [0, 0.1) is 6.92 Å². The van der Waals surface area contributed by atoms with Crippen LogP contribution in [0.5, 0.6) is 11.5 Å². The number of nitrogens with zero attached hydrogens (tertiary/aromatic N) is 1. The van der Waals surface area contributed by atoms with Crippen molar-refractivity contribution in [2.75, 3.05) is 45.4 Å². The fourth-order valence-electron chi connectivity index (χ4n) is 5.34. The van der Waals surface area contributed by atoms with Crippen molar-refractivity contribution < 1.29 is 31.9 Å². The van der Waals surface area contributed by atoms with Gasteiger partial charge in [0, 0.05) is 45.5 Å². The lowest BCUT2D eigenvalue weighted by Gasteiger charge is -2.25. The topological polar surface area (TPSA) is 97.4 Å². The van der Waals surface area contributed by atoms with Crippen LogP contribution in [0.2, 0.25) is 0 Å². The summed E-state index contributed by atoms with van der Waals surface area (Å²) in [6.45, 7) is 4.85. The van der Waals surface area contributed by atoms with Crippen LogP contribution in [0.1, 0.15) is 31.2 Å². The van der Waals surface area contributed by atoms with Crippen molar-refractivity contribution in [3.8, 4) is 11.5 Å². The molecule has 0 amide bonds. The number of hydrogen-bond donors (Lipinski definition) is 0. The monoisotopic (exact) mass is 677 g/mol. The molecule has 4 aromatic carbocycles. The minimum absolute atomic E-state index is 0.176. The Balaban J connectivity index is 0.000000335. The van der Waals surface area contributed by atoms with E-state index in [0.29, 0.717) is 0 Å². The molecule has 0 bridgehead atoms. The number of rotatable bonds is 9. The van der Waals surface area contributed by atoms with Gasteiger partial charge >= 0.3 is 0 Å². The summed E-state index contributed by atoms with van der Waals surface area (Å²) in [6, 6.07) is 31.7. The van der Waals surface area contributed by atoms with Crippen molar-refractivity contribution in [1.29, 1.82) is 0 Å². The predicted octanol–water partition coefficient (Wildman–Crippen LogP) is 6.86. The number of ether oxygens (including phenoxy) is 4. The Morgan fingerprint density at radius 2 is 1.13 bits per heavy atom. The summed E-state index contributed by atoms with van der Waals surface area (Å²) in [4.78, 5) is 5.57. The van der Waals surface area contributed by atoms with E-state index in [0.717, 1.165) is 69.2 Å². The number of aryl methyl sites for hydroxylation is 1. The second-order valence-corrected chi connectivity index (χ2v) is 15.1. The summed E-state index contributed by atoms with van der Waals surface area (Å²) >= 11 is 0. The van der Waals surface area contributed by atoms with Crippen molar-refractivity contribution in [1.82, 2.24) is 0 Å². The fourth-order valence-corrected chi connectivity index (χ4v) is 8.02. The highest BCUT2D eigenvalue weighted by Crippen LogP contribution is 2.42. The van der Waals surface area contributed by atoms with Crippen LogP contribution in [0.25, 0.3) is 0 Å². The maximum atomic E-state index is 10.4. The number of benzene rings is 4. The van der Waals surface area contributed by atoms with Crippen LogP contribution < -0.4 is 14.4 Å². The van der Waals surface area contributed by atoms with Crippen molar-refractivity contribution in [2.24, 2.45) is 0 Å². The molecule has 0 N–H and O–H groups in total. The molecule has 0 atom stereocenters. The van der Waals surface area contributed by atoms with E-state index >= 15 is 0 Å². The van der Waals surface area contributed by atoms with Gasteiger partial charge in [-0.15, -0.1) is 0 Å². The molecule has 2 aliphatic heterocycles. The Hall–Kier alpha value is -3.54. The first-order valence-corrected chi connectivity index (χ1v) is 18.5. The summed E-state index contributed by atoms with van der Waals surface area (Å²) in [5, 5.41) is 0. The zero-order valence-corrected chi connectivity index (χ0v) is 28.8. The van der Waals surface area contributed by atoms with E-state index in [1.165, 1.54) is 32.5 Å². The van der Waals surface area contributed by atoms with Crippen LogP contribution in [-0.2, 0) is 30.5 Å². The second-order valence-electron chi connectivity index (χ2n) is 11.7. The van der Waals surface area contributed by atoms with Gasteiger partial charge in [0.15, 0.2) is 16.4 Å². The maximum Gasteiger partial charge on any atom is 0.208 e. The largest absolute Gasteiger partial charge is 0.744 e. The molecule has 0 aliphatic carbocycles. The molecule has 2 heterocycles. The summed E-state index contributed by atoms with van der Waals surface area (Å²) in [6.07, 6.45) is 4.03. The minimum Gasteiger partial charge on any atom is -0.744 e. The summed E-state index contributed by atoms with van der Waals surface area (Å²) in [5.74, 6) is 1.90. The molecule has 2 aliphatic rings. The Morgan fingerprint density at radius 3 is 1.55 bits per heavy atom. The standard InChI is InChI=1S/C30H36NO4S.C7H8O3S/c1-31(2)23-11-13-26(14-12-23)36(29-9-5-3-7-27(29)34-24-15-19-32-20-16-24)30-10-6-4-8-28(30)35-25-17-21-33-22-18-25;1-6-2-4-7(5-3-6)11(8,9)10/h3-14,24-25H,15-22H2,1-2H3;2-5H,1H3,(H,8,9,10)/q+1;/p-1. The van der Waals surface area contributed by atoms with Gasteiger partial charge < -0.3 is 28.4 Å². The first kappa shape index (κ1) is 34.8. The maximum absolute atomic E-state index is 10.4. The molecular formula is C37H43NO7S2.